The number of aliphatic hydroxyl groups excluding tert-OH is 1. The zero-order valence-electron chi connectivity index (χ0n) is 6.12. The molecule has 0 spiro atoms. The van der Waals surface area contributed by atoms with Gasteiger partial charge in [-0.05, 0) is 12.3 Å². The van der Waals surface area contributed by atoms with Crippen molar-refractivity contribution < 1.29 is 5.11 Å². The van der Waals surface area contributed by atoms with Crippen LogP contribution >= 0.6 is 12.4 Å². The second-order valence-corrected chi connectivity index (χ2v) is 2.98. The van der Waals surface area contributed by atoms with Crippen molar-refractivity contribution in [1.29, 1.82) is 0 Å². The minimum absolute atomic E-state index is 0. The SMILES string of the molecule is Cl.NC(CO)CC1CCC1. The van der Waals surface area contributed by atoms with Crippen LogP contribution in [-0.2, 0) is 0 Å². The Morgan fingerprint density at radius 2 is 2.10 bits per heavy atom. The van der Waals surface area contributed by atoms with Crippen LogP contribution in [-0.4, -0.2) is 17.8 Å². The van der Waals surface area contributed by atoms with E-state index in [0.29, 0.717) is 0 Å². The van der Waals surface area contributed by atoms with Crippen LogP contribution in [0.3, 0.4) is 0 Å². The zero-order valence-corrected chi connectivity index (χ0v) is 6.94. The summed E-state index contributed by atoms with van der Waals surface area (Å²) in [4.78, 5) is 0. The van der Waals surface area contributed by atoms with E-state index in [1.807, 2.05) is 0 Å². The third kappa shape index (κ3) is 2.86. The highest BCUT2D eigenvalue weighted by atomic mass is 35.5. The molecule has 10 heavy (non-hydrogen) atoms. The molecule has 3 N–H and O–H groups in total. The average Bonchev–Trinajstić information content (AvgIpc) is 1.78. The molecule has 1 atom stereocenters. The van der Waals surface area contributed by atoms with Crippen LogP contribution in [0.5, 0.6) is 0 Å². The lowest BCUT2D eigenvalue weighted by molar-refractivity contribution is 0.211. The Bertz CT molecular complexity index is 82.9. The van der Waals surface area contributed by atoms with E-state index in [2.05, 4.69) is 0 Å². The molecule has 0 amide bonds. The second-order valence-electron chi connectivity index (χ2n) is 2.98. The molecule has 0 radical (unpaired) electrons. The summed E-state index contributed by atoms with van der Waals surface area (Å²) in [6.45, 7) is 0.149. The highest BCUT2D eigenvalue weighted by Gasteiger charge is 2.19. The van der Waals surface area contributed by atoms with Crippen molar-refractivity contribution in [3.8, 4) is 0 Å². The first-order chi connectivity index (χ1) is 4.33. The Morgan fingerprint density at radius 3 is 2.40 bits per heavy atom. The summed E-state index contributed by atoms with van der Waals surface area (Å²) in [5.41, 5.74) is 5.53. The summed E-state index contributed by atoms with van der Waals surface area (Å²) in [6.07, 6.45) is 5.04. The summed E-state index contributed by atoms with van der Waals surface area (Å²) >= 11 is 0. The molecule has 0 bridgehead atoms. The summed E-state index contributed by atoms with van der Waals surface area (Å²) in [6, 6.07) is 0.0373. The van der Waals surface area contributed by atoms with Gasteiger partial charge in [-0.3, -0.25) is 0 Å². The number of hydrogen-bond donors (Lipinski definition) is 2. The molecule has 1 aliphatic rings. The molecule has 0 aromatic carbocycles. The second kappa shape index (κ2) is 4.94. The van der Waals surface area contributed by atoms with Crippen LogP contribution in [0, 0.1) is 5.92 Å². The Morgan fingerprint density at radius 1 is 1.50 bits per heavy atom. The van der Waals surface area contributed by atoms with Crippen LogP contribution in [0.2, 0.25) is 0 Å². The summed E-state index contributed by atoms with van der Waals surface area (Å²) in [7, 11) is 0. The quantitative estimate of drug-likeness (QED) is 0.654. The van der Waals surface area contributed by atoms with Gasteiger partial charge in [-0.15, -0.1) is 12.4 Å². The van der Waals surface area contributed by atoms with E-state index >= 15 is 0 Å². The highest BCUT2D eigenvalue weighted by molar-refractivity contribution is 5.85. The predicted molar refractivity (Wildman–Crippen MR) is 44.3 cm³/mol. The lowest BCUT2D eigenvalue weighted by Gasteiger charge is -2.27. The Hall–Kier alpha value is 0.210. The molecule has 62 valence electrons. The smallest absolute Gasteiger partial charge is 0.0582 e. The predicted octanol–water partition coefficient (Wildman–Crippen LogP) is 0.918. The van der Waals surface area contributed by atoms with E-state index in [1.54, 1.807) is 0 Å². The first-order valence-corrected chi connectivity index (χ1v) is 3.69. The van der Waals surface area contributed by atoms with Crippen LogP contribution in [0.4, 0.5) is 0 Å². The van der Waals surface area contributed by atoms with Gasteiger partial charge in [0.25, 0.3) is 0 Å². The van der Waals surface area contributed by atoms with Crippen molar-refractivity contribution in [2.75, 3.05) is 6.61 Å². The van der Waals surface area contributed by atoms with Crippen LogP contribution in [0.1, 0.15) is 25.7 Å². The van der Waals surface area contributed by atoms with Crippen LogP contribution in [0.25, 0.3) is 0 Å². The number of rotatable bonds is 3. The molecular weight excluding hydrogens is 150 g/mol. The van der Waals surface area contributed by atoms with Gasteiger partial charge >= 0.3 is 0 Å². The number of aliphatic hydroxyl groups is 1. The molecule has 0 heterocycles. The molecule has 1 fully saturated rings. The zero-order chi connectivity index (χ0) is 6.69. The normalized spacial score (nSPS) is 21.0. The van der Waals surface area contributed by atoms with Gasteiger partial charge in [-0.25, -0.2) is 0 Å². The van der Waals surface area contributed by atoms with E-state index in [0.717, 1.165) is 12.3 Å². The van der Waals surface area contributed by atoms with Crippen molar-refractivity contribution in [2.24, 2.45) is 11.7 Å². The van der Waals surface area contributed by atoms with Gasteiger partial charge in [0.05, 0.1) is 6.61 Å². The van der Waals surface area contributed by atoms with E-state index in [4.69, 9.17) is 10.8 Å². The van der Waals surface area contributed by atoms with Crippen LogP contribution < -0.4 is 5.73 Å². The number of hydrogen-bond acceptors (Lipinski definition) is 2. The molecule has 0 saturated heterocycles. The van der Waals surface area contributed by atoms with Gasteiger partial charge < -0.3 is 10.8 Å². The number of nitrogens with two attached hydrogens (primary N) is 1. The van der Waals surface area contributed by atoms with Gasteiger partial charge in [0.15, 0.2) is 0 Å². The molecule has 3 heteroatoms. The molecule has 2 nitrogen and oxygen atoms in total. The fourth-order valence-corrected chi connectivity index (χ4v) is 1.23. The number of halogens is 1. The van der Waals surface area contributed by atoms with Crippen molar-refractivity contribution in [3.63, 3.8) is 0 Å². The molecule has 1 saturated carbocycles. The maximum atomic E-state index is 8.58. The van der Waals surface area contributed by atoms with Crippen molar-refractivity contribution in [2.45, 2.75) is 31.7 Å². The van der Waals surface area contributed by atoms with E-state index in [9.17, 15) is 0 Å². The fraction of sp³-hybridized carbons (Fsp3) is 1.00. The first kappa shape index (κ1) is 10.2. The Balaban J connectivity index is 0.000000810. The van der Waals surface area contributed by atoms with Gasteiger partial charge in [0.2, 0.25) is 0 Å². The van der Waals surface area contributed by atoms with Gasteiger partial charge in [0, 0.05) is 6.04 Å². The summed E-state index contributed by atoms with van der Waals surface area (Å²) in [5, 5.41) is 8.58. The monoisotopic (exact) mass is 165 g/mol. The minimum Gasteiger partial charge on any atom is -0.395 e. The maximum absolute atomic E-state index is 8.58. The maximum Gasteiger partial charge on any atom is 0.0582 e. The highest BCUT2D eigenvalue weighted by Crippen LogP contribution is 2.29. The summed E-state index contributed by atoms with van der Waals surface area (Å²) < 4.78 is 0. The van der Waals surface area contributed by atoms with Gasteiger partial charge in [-0.1, -0.05) is 19.3 Å². The Labute approximate surface area is 68.2 Å². The first-order valence-electron chi connectivity index (χ1n) is 3.69. The fourth-order valence-electron chi connectivity index (χ4n) is 1.23. The standard InChI is InChI=1S/C7H15NO.ClH/c8-7(5-9)4-6-2-1-3-6;/h6-7,9H,1-5,8H2;1H. The molecule has 1 unspecified atom stereocenters. The molecule has 0 aromatic rings. The topological polar surface area (TPSA) is 46.2 Å². The van der Waals surface area contributed by atoms with E-state index < -0.39 is 0 Å². The lowest BCUT2D eigenvalue weighted by atomic mass is 9.81. The van der Waals surface area contributed by atoms with E-state index in [1.165, 1.54) is 19.3 Å². The van der Waals surface area contributed by atoms with Crippen molar-refractivity contribution in [3.05, 3.63) is 0 Å². The third-order valence-electron chi connectivity index (χ3n) is 2.10. The minimum atomic E-state index is 0. The largest absolute Gasteiger partial charge is 0.395 e. The van der Waals surface area contributed by atoms with Crippen molar-refractivity contribution in [1.82, 2.24) is 0 Å². The lowest BCUT2D eigenvalue weighted by Crippen LogP contribution is -2.29. The Kier molecular flexibility index (Phi) is 5.04. The summed E-state index contributed by atoms with van der Waals surface area (Å²) in [5.74, 6) is 0.826. The van der Waals surface area contributed by atoms with Crippen molar-refractivity contribution >= 4 is 12.4 Å². The van der Waals surface area contributed by atoms with Gasteiger partial charge in [-0.2, -0.15) is 0 Å². The molecule has 0 aromatic heterocycles. The van der Waals surface area contributed by atoms with Crippen LogP contribution in [0.15, 0.2) is 0 Å². The third-order valence-corrected chi connectivity index (χ3v) is 2.10. The van der Waals surface area contributed by atoms with E-state index in [-0.39, 0.29) is 25.1 Å². The molecular formula is C7H16ClNO. The average molecular weight is 166 g/mol. The molecule has 1 rings (SSSR count). The van der Waals surface area contributed by atoms with Gasteiger partial charge in [0.1, 0.15) is 0 Å². The molecule has 0 aliphatic heterocycles. The molecule has 1 aliphatic carbocycles.